The highest BCUT2D eigenvalue weighted by Gasteiger charge is 2.15. The number of rotatable bonds is 3. The number of aromatic nitrogens is 3. The third kappa shape index (κ3) is 2.18. The lowest BCUT2D eigenvalue weighted by Crippen LogP contribution is -2.10. The van der Waals surface area contributed by atoms with Crippen LogP contribution in [0.2, 0.25) is 0 Å². The standard InChI is InChI=1S/C8H14N4O/c9-8-10-6-12(11-8)4-3-7-2-1-5-13-7/h6-7H,1-5H2,(H2,9,11). The Morgan fingerprint density at radius 2 is 2.62 bits per heavy atom. The Labute approximate surface area is 76.9 Å². The van der Waals surface area contributed by atoms with Crippen LogP contribution in [0.5, 0.6) is 0 Å². The fourth-order valence-corrected chi connectivity index (χ4v) is 1.57. The number of aryl methyl sites for hydroxylation is 1. The maximum Gasteiger partial charge on any atom is 0.239 e. The lowest BCUT2D eigenvalue weighted by Gasteiger charge is -2.07. The van der Waals surface area contributed by atoms with Crippen LogP contribution < -0.4 is 5.73 Å². The highest BCUT2D eigenvalue weighted by Crippen LogP contribution is 2.15. The first-order valence-electron chi connectivity index (χ1n) is 4.61. The summed E-state index contributed by atoms with van der Waals surface area (Å²) < 4.78 is 7.25. The van der Waals surface area contributed by atoms with E-state index in [-0.39, 0.29) is 0 Å². The smallest absolute Gasteiger partial charge is 0.239 e. The first-order chi connectivity index (χ1) is 6.34. The van der Waals surface area contributed by atoms with E-state index in [1.165, 1.54) is 12.8 Å². The molecule has 2 heterocycles. The predicted octanol–water partition coefficient (Wildman–Crippen LogP) is 0.429. The van der Waals surface area contributed by atoms with E-state index in [0.717, 1.165) is 19.6 Å². The minimum absolute atomic E-state index is 0.340. The van der Waals surface area contributed by atoms with Gasteiger partial charge in [0.15, 0.2) is 0 Å². The first-order valence-corrected chi connectivity index (χ1v) is 4.61. The van der Waals surface area contributed by atoms with Gasteiger partial charge in [0, 0.05) is 13.2 Å². The molecule has 1 aliphatic rings. The Morgan fingerprint density at radius 3 is 3.23 bits per heavy atom. The van der Waals surface area contributed by atoms with Gasteiger partial charge in [-0.05, 0) is 19.3 Å². The van der Waals surface area contributed by atoms with Crippen molar-refractivity contribution >= 4 is 5.95 Å². The molecule has 1 unspecified atom stereocenters. The monoisotopic (exact) mass is 182 g/mol. The Morgan fingerprint density at radius 1 is 1.69 bits per heavy atom. The Kier molecular flexibility index (Phi) is 2.44. The van der Waals surface area contributed by atoms with Gasteiger partial charge in [-0.25, -0.2) is 4.98 Å². The van der Waals surface area contributed by atoms with Crippen LogP contribution in [0.3, 0.4) is 0 Å². The molecule has 0 radical (unpaired) electrons. The minimum Gasteiger partial charge on any atom is -0.378 e. The molecule has 72 valence electrons. The second-order valence-electron chi connectivity index (χ2n) is 3.29. The van der Waals surface area contributed by atoms with Crippen LogP contribution in [-0.2, 0) is 11.3 Å². The quantitative estimate of drug-likeness (QED) is 0.736. The summed E-state index contributed by atoms with van der Waals surface area (Å²) in [6.45, 7) is 1.75. The van der Waals surface area contributed by atoms with Crippen molar-refractivity contribution in [3.05, 3.63) is 6.33 Å². The molecule has 0 saturated carbocycles. The second-order valence-corrected chi connectivity index (χ2v) is 3.29. The van der Waals surface area contributed by atoms with Gasteiger partial charge in [-0.15, -0.1) is 5.10 Å². The molecule has 1 atom stereocenters. The van der Waals surface area contributed by atoms with Gasteiger partial charge in [0.05, 0.1) is 6.10 Å². The Balaban J connectivity index is 1.78. The molecule has 0 spiro atoms. The summed E-state index contributed by atoms with van der Waals surface area (Å²) in [6.07, 6.45) is 5.42. The van der Waals surface area contributed by atoms with Crippen molar-refractivity contribution in [1.29, 1.82) is 0 Å². The molecular formula is C8H14N4O. The fourth-order valence-electron chi connectivity index (χ4n) is 1.57. The molecule has 0 amide bonds. The molecule has 13 heavy (non-hydrogen) atoms. The van der Waals surface area contributed by atoms with Crippen molar-refractivity contribution in [2.24, 2.45) is 0 Å². The number of anilines is 1. The predicted molar refractivity (Wildman–Crippen MR) is 48.0 cm³/mol. The van der Waals surface area contributed by atoms with Crippen LogP contribution in [0, 0.1) is 0 Å². The number of hydrogen-bond acceptors (Lipinski definition) is 4. The van der Waals surface area contributed by atoms with Crippen molar-refractivity contribution in [2.75, 3.05) is 12.3 Å². The zero-order valence-corrected chi connectivity index (χ0v) is 7.52. The van der Waals surface area contributed by atoms with E-state index in [4.69, 9.17) is 10.5 Å². The Bertz CT molecular complexity index is 267. The average molecular weight is 182 g/mol. The van der Waals surface area contributed by atoms with E-state index in [1.807, 2.05) is 0 Å². The van der Waals surface area contributed by atoms with Gasteiger partial charge in [0.25, 0.3) is 0 Å². The maximum atomic E-state index is 5.49. The third-order valence-electron chi connectivity index (χ3n) is 2.26. The van der Waals surface area contributed by atoms with Gasteiger partial charge < -0.3 is 10.5 Å². The van der Waals surface area contributed by atoms with E-state index in [9.17, 15) is 0 Å². The largest absolute Gasteiger partial charge is 0.378 e. The summed E-state index contributed by atoms with van der Waals surface area (Å²) in [5, 5.41) is 4.00. The number of nitrogens with two attached hydrogens (primary N) is 1. The molecule has 1 aliphatic heterocycles. The van der Waals surface area contributed by atoms with Gasteiger partial charge in [-0.2, -0.15) is 0 Å². The molecule has 0 bridgehead atoms. The first kappa shape index (κ1) is 8.50. The van der Waals surface area contributed by atoms with Gasteiger partial charge in [-0.1, -0.05) is 0 Å². The van der Waals surface area contributed by atoms with E-state index < -0.39 is 0 Å². The van der Waals surface area contributed by atoms with Crippen molar-refractivity contribution in [3.8, 4) is 0 Å². The summed E-state index contributed by atoms with van der Waals surface area (Å²) in [7, 11) is 0. The van der Waals surface area contributed by atoms with E-state index in [1.54, 1.807) is 11.0 Å². The van der Waals surface area contributed by atoms with Crippen molar-refractivity contribution in [3.63, 3.8) is 0 Å². The number of nitrogens with zero attached hydrogens (tertiary/aromatic N) is 3. The summed E-state index contributed by atoms with van der Waals surface area (Å²) >= 11 is 0. The second kappa shape index (κ2) is 3.74. The van der Waals surface area contributed by atoms with Gasteiger partial charge in [0.1, 0.15) is 6.33 Å². The summed E-state index contributed by atoms with van der Waals surface area (Å²) in [4.78, 5) is 3.85. The highest BCUT2D eigenvalue weighted by atomic mass is 16.5. The number of hydrogen-bond donors (Lipinski definition) is 1. The van der Waals surface area contributed by atoms with E-state index in [2.05, 4.69) is 10.1 Å². The van der Waals surface area contributed by atoms with Gasteiger partial charge in [0.2, 0.25) is 5.95 Å². The molecule has 1 saturated heterocycles. The van der Waals surface area contributed by atoms with Gasteiger partial charge >= 0.3 is 0 Å². The topological polar surface area (TPSA) is 66.0 Å². The van der Waals surface area contributed by atoms with Gasteiger partial charge in [-0.3, -0.25) is 4.68 Å². The number of ether oxygens (including phenoxy) is 1. The van der Waals surface area contributed by atoms with Crippen molar-refractivity contribution in [1.82, 2.24) is 14.8 Å². The van der Waals surface area contributed by atoms with Crippen LogP contribution in [0.15, 0.2) is 6.33 Å². The molecule has 0 aliphatic carbocycles. The maximum absolute atomic E-state index is 5.49. The molecule has 5 nitrogen and oxygen atoms in total. The van der Waals surface area contributed by atoms with Crippen LogP contribution in [0.4, 0.5) is 5.95 Å². The lowest BCUT2D eigenvalue weighted by molar-refractivity contribution is 0.0994. The fraction of sp³-hybridized carbons (Fsp3) is 0.750. The van der Waals surface area contributed by atoms with Crippen molar-refractivity contribution < 1.29 is 4.74 Å². The highest BCUT2D eigenvalue weighted by molar-refractivity contribution is 5.09. The average Bonchev–Trinajstić information content (AvgIpc) is 2.71. The zero-order chi connectivity index (χ0) is 9.10. The van der Waals surface area contributed by atoms with Crippen LogP contribution in [-0.4, -0.2) is 27.5 Å². The molecule has 0 aromatic carbocycles. The molecule has 1 fully saturated rings. The zero-order valence-electron chi connectivity index (χ0n) is 7.52. The molecule has 5 heteroatoms. The van der Waals surface area contributed by atoms with Crippen LogP contribution >= 0.6 is 0 Å². The van der Waals surface area contributed by atoms with E-state index >= 15 is 0 Å². The van der Waals surface area contributed by atoms with Crippen LogP contribution in [0.25, 0.3) is 0 Å². The number of nitrogen functional groups attached to an aromatic ring is 1. The third-order valence-corrected chi connectivity index (χ3v) is 2.26. The van der Waals surface area contributed by atoms with Crippen molar-refractivity contribution in [2.45, 2.75) is 31.9 Å². The molecule has 2 N–H and O–H groups in total. The lowest BCUT2D eigenvalue weighted by atomic mass is 10.2. The molecule has 2 rings (SSSR count). The SMILES string of the molecule is Nc1ncn(CCC2CCCO2)n1. The molecule has 1 aromatic heterocycles. The molecular weight excluding hydrogens is 168 g/mol. The molecule has 1 aromatic rings. The summed E-state index contributed by atoms with van der Waals surface area (Å²) in [5.74, 6) is 0.340. The Hall–Kier alpha value is -1.10. The summed E-state index contributed by atoms with van der Waals surface area (Å²) in [6, 6.07) is 0. The van der Waals surface area contributed by atoms with Crippen LogP contribution in [0.1, 0.15) is 19.3 Å². The van der Waals surface area contributed by atoms with E-state index in [0.29, 0.717) is 12.1 Å². The minimum atomic E-state index is 0.340. The summed E-state index contributed by atoms with van der Waals surface area (Å²) in [5.41, 5.74) is 5.39. The normalized spacial score (nSPS) is 22.3.